The fraction of sp³-hybridized carbons (Fsp3) is 0.935. The van der Waals surface area contributed by atoms with Crippen molar-refractivity contribution in [1.29, 1.82) is 0 Å². The second-order valence-electron chi connectivity index (χ2n) is 15.0. The first-order valence-electron chi connectivity index (χ1n) is 14.4. The molecule has 0 saturated heterocycles. The highest BCUT2D eigenvalue weighted by Gasteiger charge is 2.63. The predicted molar refractivity (Wildman–Crippen MR) is 138 cm³/mol. The van der Waals surface area contributed by atoms with Crippen molar-refractivity contribution in [2.75, 3.05) is 13.7 Å². The minimum atomic E-state index is -0.380. The van der Waals surface area contributed by atoms with Crippen LogP contribution in [0.25, 0.3) is 0 Å². The van der Waals surface area contributed by atoms with Crippen LogP contribution in [0.15, 0.2) is 11.6 Å². The van der Waals surface area contributed by atoms with Gasteiger partial charge in [-0.05, 0) is 110 Å². The lowest BCUT2D eigenvalue weighted by Gasteiger charge is -2.64. The number of ether oxygens (including phenoxy) is 1. The molecule has 194 valence electrons. The standard InChI is InChI=1S/C31H52O3/c1-27(2)22-12-15-28(3)18-20-8-10-24-29(4,16-13-25(33)31(24,6)19-32)21(20)9-11-23(28)30(22,5)17-14-26(27)34-7/h8,21-26,32-33H,9-19H2,1-7H3/t21-,22+,23+,24+,25-,26-,28-,29+,30-,31+/m0/s1. The van der Waals surface area contributed by atoms with E-state index >= 15 is 0 Å². The molecule has 5 aliphatic carbocycles. The lowest BCUT2D eigenvalue weighted by Crippen LogP contribution is -2.58. The van der Waals surface area contributed by atoms with Crippen molar-refractivity contribution in [2.45, 2.75) is 118 Å². The van der Waals surface area contributed by atoms with Gasteiger partial charge < -0.3 is 14.9 Å². The van der Waals surface area contributed by atoms with Gasteiger partial charge in [0, 0.05) is 12.5 Å². The summed E-state index contributed by atoms with van der Waals surface area (Å²) in [5, 5.41) is 21.3. The van der Waals surface area contributed by atoms with E-state index in [1.807, 2.05) is 7.11 Å². The Kier molecular flexibility index (Phi) is 5.99. The van der Waals surface area contributed by atoms with Crippen LogP contribution in [-0.4, -0.2) is 36.1 Å². The first-order chi connectivity index (χ1) is 15.9. The predicted octanol–water partition coefficient (Wildman–Crippen LogP) is 6.77. The Bertz CT molecular complexity index is 833. The molecule has 0 amide bonds. The monoisotopic (exact) mass is 472 g/mol. The molecule has 3 heteroatoms. The van der Waals surface area contributed by atoms with Crippen LogP contribution >= 0.6 is 0 Å². The summed E-state index contributed by atoms with van der Waals surface area (Å²) >= 11 is 0. The highest BCUT2D eigenvalue weighted by atomic mass is 16.5. The molecule has 2 N–H and O–H groups in total. The van der Waals surface area contributed by atoms with Gasteiger partial charge in [-0.1, -0.05) is 53.2 Å². The van der Waals surface area contributed by atoms with Crippen LogP contribution in [0.3, 0.4) is 0 Å². The van der Waals surface area contributed by atoms with E-state index < -0.39 is 0 Å². The number of methoxy groups -OCH3 is 1. The van der Waals surface area contributed by atoms with Gasteiger partial charge >= 0.3 is 0 Å². The van der Waals surface area contributed by atoms with Gasteiger partial charge in [0.1, 0.15) is 0 Å². The van der Waals surface area contributed by atoms with Gasteiger partial charge in [0.05, 0.1) is 18.8 Å². The minimum Gasteiger partial charge on any atom is -0.396 e. The maximum Gasteiger partial charge on any atom is 0.0625 e. The molecule has 3 nitrogen and oxygen atoms in total. The first-order valence-corrected chi connectivity index (χ1v) is 14.4. The number of aliphatic hydroxyl groups excluding tert-OH is 2. The number of allylic oxidation sites excluding steroid dienone is 2. The molecule has 0 heterocycles. The third-order valence-electron chi connectivity index (χ3n) is 13.3. The number of aliphatic hydroxyl groups is 2. The van der Waals surface area contributed by atoms with E-state index in [2.05, 4.69) is 47.6 Å². The van der Waals surface area contributed by atoms with E-state index in [-0.39, 0.29) is 29.0 Å². The zero-order valence-electron chi connectivity index (χ0n) is 23.1. The number of hydrogen-bond acceptors (Lipinski definition) is 3. The largest absolute Gasteiger partial charge is 0.396 e. The van der Waals surface area contributed by atoms with Crippen LogP contribution in [-0.2, 0) is 4.74 Å². The van der Waals surface area contributed by atoms with Crippen molar-refractivity contribution in [3.05, 3.63) is 11.6 Å². The van der Waals surface area contributed by atoms with Crippen molar-refractivity contribution in [1.82, 2.24) is 0 Å². The van der Waals surface area contributed by atoms with Gasteiger partial charge in [-0.25, -0.2) is 0 Å². The summed E-state index contributed by atoms with van der Waals surface area (Å²) in [6.07, 6.45) is 14.6. The quantitative estimate of drug-likeness (QED) is 0.436. The summed E-state index contributed by atoms with van der Waals surface area (Å²) in [7, 11) is 1.92. The Morgan fingerprint density at radius 2 is 1.56 bits per heavy atom. The third kappa shape index (κ3) is 3.24. The van der Waals surface area contributed by atoms with Crippen LogP contribution in [0, 0.1) is 50.7 Å². The van der Waals surface area contributed by atoms with Crippen LogP contribution in [0.2, 0.25) is 0 Å². The highest BCUT2D eigenvalue weighted by Crippen LogP contribution is 2.70. The smallest absolute Gasteiger partial charge is 0.0625 e. The molecule has 34 heavy (non-hydrogen) atoms. The van der Waals surface area contributed by atoms with Crippen LogP contribution < -0.4 is 0 Å². The maximum absolute atomic E-state index is 10.9. The van der Waals surface area contributed by atoms with Gasteiger partial charge in [0.25, 0.3) is 0 Å². The van der Waals surface area contributed by atoms with E-state index in [9.17, 15) is 10.2 Å². The van der Waals surface area contributed by atoms with Gasteiger partial charge in [0.2, 0.25) is 0 Å². The molecule has 0 aromatic carbocycles. The van der Waals surface area contributed by atoms with Crippen molar-refractivity contribution < 1.29 is 14.9 Å². The number of hydrogen-bond donors (Lipinski definition) is 2. The summed E-state index contributed by atoms with van der Waals surface area (Å²) in [4.78, 5) is 0. The molecule has 0 unspecified atom stereocenters. The number of fused-ring (bicyclic) bond motifs is 6. The summed E-state index contributed by atoms with van der Waals surface area (Å²) in [5.41, 5.74) is 2.56. The van der Waals surface area contributed by atoms with Gasteiger partial charge in [0.15, 0.2) is 0 Å². The van der Waals surface area contributed by atoms with Crippen molar-refractivity contribution in [2.24, 2.45) is 50.7 Å². The Hall–Kier alpha value is -0.380. The Morgan fingerprint density at radius 3 is 2.24 bits per heavy atom. The summed E-state index contributed by atoms with van der Waals surface area (Å²) < 4.78 is 6.02. The topological polar surface area (TPSA) is 49.7 Å². The molecule has 5 rings (SSSR count). The normalized spacial score (nSPS) is 54.6. The van der Waals surface area contributed by atoms with E-state index in [0.717, 1.165) is 31.1 Å². The molecular weight excluding hydrogens is 420 g/mol. The Labute approximate surface area is 209 Å². The van der Waals surface area contributed by atoms with Gasteiger partial charge in [-0.2, -0.15) is 0 Å². The second kappa shape index (κ2) is 8.06. The fourth-order valence-electron chi connectivity index (χ4n) is 11.4. The fourth-order valence-corrected chi connectivity index (χ4v) is 11.4. The molecular formula is C31H52O3. The molecule has 5 aliphatic rings. The molecule has 0 radical (unpaired) electrons. The lowest BCUT2D eigenvalue weighted by atomic mass is 9.42. The van der Waals surface area contributed by atoms with Gasteiger partial charge in [-0.15, -0.1) is 0 Å². The molecule has 10 atom stereocenters. The van der Waals surface area contributed by atoms with Crippen LogP contribution in [0.5, 0.6) is 0 Å². The minimum absolute atomic E-state index is 0.0974. The Morgan fingerprint density at radius 1 is 0.853 bits per heavy atom. The van der Waals surface area contributed by atoms with Crippen molar-refractivity contribution in [3.8, 4) is 0 Å². The molecule has 4 fully saturated rings. The van der Waals surface area contributed by atoms with E-state index in [0.29, 0.717) is 28.8 Å². The molecule has 4 saturated carbocycles. The van der Waals surface area contributed by atoms with Gasteiger partial charge in [-0.3, -0.25) is 0 Å². The zero-order chi connectivity index (χ0) is 24.7. The number of rotatable bonds is 2. The summed E-state index contributed by atoms with van der Waals surface area (Å²) in [6, 6.07) is 0. The lowest BCUT2D eigenvalue weighted by molar-refractivity contribution is -0.178. The highest BCUT2D eigenvalue weighted by molar-refractivity contribution is 5.25. The molecule has 0 aromatic heterocycles. The SMILES string of the molecule is CO[C@H]1CC[C@@]2(C)[C@H](CC[C@@]3(C)CC4=CC[C@@H]5[C@](C)(CC[C@H](O)[C@]5(C)CO)[C@H]4CC[C@H]32)C1(C)C. The van der Waals surface area contributed by atoms with E-state index in [1.165, 1.54) is 44.9 Å². The third-order valence-corrected chi connectivity index (χ3v) is 13.3. The Balaban J connectivity index is 1.49. The first kappa shape index (κ1) is 25.3. The second-order valence-corrected chi connectivity index (χ2v) is 15.0. The molecule has 0 bridgehead atoms. The zero-order valence-corrected chi connectivity index (χ0v) is 23.1. The average molecular weight is 473 g/mol. The van der Waals surface area contributed by atoms with Crippen molar-refractivity contribution >= 4 is 0 Å². The average Bonchev–Trinajstić information content (AvgIpc) is 2.93. The van der Waals surface area contributed by atoms with E-state index in [1.54, 1.807) is 5.57 Å². The van der Waals surface area contributed by atoms with Crippen LogP contribution in [0.4, 0.5) is 0 Å². The van der Waals surface area contributed by atoms with E-state index in [4.69, 9.17) is 4.74 Å². The molecule has 0 spiro atoms. The molecule has 0 aliphatic heterocycles. The van der Waals surface area contributed by atoms with Crippen molar-refractivity contribution in [3.63, 3.8) is 0 Å². The van der Waals surface area contributed by atoms with Crippen LogP contribution in [0.1, 0.15) is 106 Å². The maximum atomic E-state index is 10.9. The summed E-state index contributed by atoms with van der Waals surface area (Å²) in [6.45, 7) is 15.0. The summed E-state index contributed by atoms with van der Waals surface area (Å²) in [5.74, 6) is 2.48. The molecule has 0 aromatic rings.